The molecule has 3 aromatic rings. The highest BCUT2D eigenvalue weighted by Crippen LogP contribution is 2.43. The van der Waals surface area contributed by atoms with Gasteiger partial charge in [-0.15, -0.1) is 10.2 Å². The van der Waals surface area contributed by atoms with Crippen LogP contribution in [0.3, 0.4) is 0 Å². The van der Waals surface area contributed by atoms with Crippen molar-refractivity contribution < 1.29 is 9.66 Å². The van der Waals surface area contributed by atoms with Crippen molar-refractivity contribution in [3.05, 3.63) is 34.5 Å². The van der Waals surface area contributed by atoms with Crippen molar-refractivity contribution in [3.8, 4) is 0 Å². The normalized spacial score (nSPS) is 17.6. The number of hydrogen-bond donors (Lipinski definition) is 0. The van der Waals surface area contributed by atoms with E-state index in [1.165, 1.54) is 16.2 Å². The molecule has 140 valence electrons. The van der Waals surface area contributed by atoms with Gasteiger partial charge in [0, 0.05) is 25.2 Å². The summed E-state index contributed by atoms with van der Waals surface area (Å²) in [6, 6.07) is 5.65. The first-order valence-corrected chi connectivity index (χ1v) is 9.61. The largest absolute Gasteiger partial charge is 0.378 e. The lowest BCUT2D eigenvalue weighted by Crippen LogP contribution is -2.38. The van der Waals surface area contributed by atoms with E-state index in [-0.39, 0.29) is 5.82 Å². The van der Waals surface area contributed by atoms with Crippen LogP contribution in [0.2, 0.25) is 0 Å². The van der Waals surface area contributed by atoms with Crippen molar-refractivity contribution in [2.24, 2.45) is 0 Å². The van der Waals surface area contributed by atoms with Crippen LogP contribution in [0, 0.1) is 10.1 Å². The molecule has 0 unspecified atom stereocenters. The van der Waals surface area contributed by atoms with Crippen LogP contribution in [0.25, 0.3) is 5.65 Å². The zero-order valence-corrected chi connectivity index (χ0v) is 15.2. The Labute approximate surface area is 158 Å². The number of ether oxygens (including phenoxy) is 1. The fraction of sp³-hybridized carbons (Fsp3) is 0.438. The number of fused-ring (bicyclic) bond motifs is 1. The molecule has 3 aromatic heterocycles. The van der Waals surface area contributed by atoms with Gasteiger partial charge < -0.3 is 19.8 Å². The fourth-order valence-electron chi connectivity index (χ4n) is 3.25. The van der Waals surface area contributed by atoms with E-state index in [1.54, 1.807) is 18.3 Å². The summed E-state index contributed by atoms with van der Waals surface area (Å²) in [6.45, 7) is 2.86. The van der Waals surface area contributed by atoms with E-state index in [2.05, 4.69) is 24.6 Å². The number of hydrogen-bond acceptors (Lipinski definition) is 8. The van der Waals surface area contributed by atoms with Crippen LogP contribution in [-0.4, -0.2) is 55.4 Å². The first kappa shape index (κ1) is 16.5. The summed E-state index contributed by atoms with van der Waals surface area (Å²) in [6.07, 6.45) is 3.78. The van der Waals surface area contributed by atoms with Gasteiger partial charge >= 0.3 is 5.82 Å². The summed E-state index contributed by atoms with van der Waals surface area (Å²) in [5, 5.41) is 21.3. The number of imidazole rings is 1. The minimum Gasteiger partial charge on any atom is -0.378 e. The molecule has 2 fully saturated rings. The molecule has 0 radical (unpaired) electrons. The third kappa shape index (κ3) is 2.92. The van der Waals surface area contributed by atoms with E-state index in [4.69, 9.17) is 4.74 Å². The second-order valence-corrected chi connectivity index (χ2v) is 7.47. The van der Waals surface area contributed by atoms with Gasteiger partial charge in [0.2, 0.25) is 16.6 Å². The van der Waals surface area contributed by atoms with E-state index in [1.807, 2.05) is 6.07 Å². The van der Waals surface area contributed by atoms with Crippen molar-refractivity contribution in [1.82, 2.24) is 24.1 Å². The summed E-state index contributed by atoms with van der Waals surface area (Å²) in [5.74, 6) is 0.767. The van der Waals surface area contributed by atoms with Crippen molar-refractivity contribution in [2.75, 3.05) is 31.2 Å². The molecule has 1 aliphatic carbocycles. The van der Waals surface area contributed by atoms with Gasteiger partial charge in [-0.25, -0.2) is 0 Å². The summed E-state index contributed by atoms with van der Waals surface area (Å²) in [7, 11) is 0. The van der Waals surface area contributed by atoms with E-state index >= 15 is 0 Å². The molecule has 1 aliphatic heterocycles. The van der Waals surface area contributed by atoms with Gasteiger partial charge in [0.1, 0.15) is 0 Å². The molecule has 27 heavy (non-hydrogen) atoms. The Morgan fingerprint density at radius 3 is 2.78 bits per heavy atom. The van der Waals surface area contributed by atoms with Crippen molar-refractivity contribution >= 4 is 29.2 Å². The number of nitro groups is 1. The lowest BCUT2D eigenvalue weighted by Gasteiger charge is -2.27. The smallest absolute Gasteiger partial charge is 0.362 e. The molecule has 0 N–H and O–H groups in total. The van der Waals surface area contributed by atoms with Gasteiger partial charge in [0.25, 0.3) is 0 Å². The van der Waals surface area contributed by atoms with Crippen LogP contribution in [0.4, 0.5) is 11.8 Å². The Morgan fingerprint density at radius 1 is 1.22 bits per heavy atom. The van der Waals surface area contributed by atoms with Gasteiger partial charge in [0.15, 0.2) is 5.16 Å². The maximum absolute atomic E-state index is 11.6. The standard InChI is InChI=1S/C16H17N7O3S/c24-23(25)14-13(17-12-3-1-2-6-21(12)14)27-16-19-18-15(22(16)11-4-5-11)20-7-9-26-10-8-20/h1-3,6,11H,4-5,7-10H2. The minimum absolute atomic E-state index is 0.0473. The molecule has 0 aromatic carbocycles. The summed E-state index contributed by atoms with van der Waals surface area (Å²) in [4.78, 5) is 17.8. The average Bonchev–Trinajstić information content (AvgIpc) is 3.32. The number of rotatable bonds is 5. The quantitative estimate of drug-likeness (QED) is 0.485. The molecule has 10 nitrogen and oxygen atoms in total. The Hall–Kier alpha value is -2.66. The second-order valence-electron chi connectivity index (χ2n) is 6.51. The Kier molecular flexibility index (Phi) is 3.97. The van der Waals surface area contributed by atoms with Gasteiger partial charge in [-0.1, -0.05) is 6.07 Å². The number of pyridine rings is 1. The average molecular weight is 387 g/mol. The first-order valence-electron chi connectivity index (χ1n) is 8.79. The highest BCUT2D eigenvalue weighted by atomic mass is 32.2. The summed E-state index contributed by atoms with van der Waals surface area (Å²) >= 11 is 1.21. The topological polar surface area (TPSA) is 104 Å². The minimum atomic E-state index is -0.400. The fourth-order valence-corrected chi connectivity index (χ4v) is 4.24. The molecule has 5 rings (SSSR count). The Morgan fingerprint density at radius 2 is 2.04 bits per heavy atom. The van der Waals surface area contributed by atoms with Crippen molar-refractivity contribution in [1.29, 1.82) is 0 Å². The van der Waals surface area contributed by atoms with E-state index in [9.17, 15) is 10.1 Å². The van der Waals surface area contributed by atoms with Crippen LogP contribution < -0.4 is 4.90 Å². The molecular formula is C16H17N7O3S. The summed E-state index contributed by atoms with van der Waals surface area (Å²) in [5.41, 5.74) is 0.539. The third-order valence-corrected chi connectivity index (χ3v) is 5.62. The lowest BCUT2D eigenvalue weighted by atomic mass is 10.4. The van der Waals surface area contributed by atoms with Crippen LogP contribution in [0.5, 0.6) is 0 Å². The van der Waals surface area contributed by atoms with Crippen molar-refractivity contribution in [2.45, 2.75) is 29.1 Å². The number of anilines is 1. The molecular weight excluding hydrogens is 370 g/mol. The zero-order chi connectivity index (χ0) is 18.4. The molecule has 2 aliphatic rings. The van der Waals surface area contributed by atoms with E-state index < -0.39 is 4.92 Å². The molecule has 0 amide bonds. The maximum atomic E-state index is 11.6. The van der Waals surface area contributed by atoms with E-state index in [0.29, 0.717) is 35.1 Å². The van der Waals surface area contributed by atoms with Crippen LogP contribution in [-0.2, 0) is 4.74 Å². The lowest BCUT2D eigenvalue weighted by molar-refractivity contribution is -0.393. The third-order valence-electron chi connectivity index (χ3n) is 4.69. The first-order chi connectivity index (χ1) is 13.2. The zero-order valence-electron chi connectivity index (χ0n) is 14.4. The van der Waals surface area contributed by atoms with Crippen LogP contribution in [0.15, 0.2) is 34.6 Å². The Balaban J connectivity index is 1.55. The van der Waals surface area contributed by atoms with E-state index in [0.717, 1.165) is 31.9 Å². The number of morpholine rings is 1. The molecule has 0 bridgehead atoms. The maximum Gasteiger partial charge on any atom is 0.362 e. The van der Waals surface area contributed by atoms with Gasteiger partial charge in [0.05, 0.1) is 19.4 Å². The highest BCUT2D eigenvalue weighted by molar-refractivity contribution is 7.99. The SMILES string of the molecule is O=[N+]([O-])c1c(Sc2nnc(N3CCOCC3)n2C2CC2)nc2ccccn12. The molecule has 4 heterocycles. The highest BCUT2D eigenvalue weighted by Gasteiger charge is 2.34. The van der Waals surface area contributed by atoms with Crippen molar-refractivity contribution in [3.63, 3.8) is 0 Å². The predicted octanol–water partition coefficient (Wildman–Crippen LogP) is 2.16. The Bertz CT molecular complexity index is 1010. The van der Waals surface area contributed by atoms with Crippen LogP contribution in [0.1, 0.15) is 18.9 Å². The molecule has 1 saturated heterocycles. The molecule has 1 saturated carbocycles. The van der Waals surface area contributed by atoms with Gasteiger partial charge in [-0.2, -0.15) is 9.38 Å². The van der Waals surface area contributed by atoms with Gasteiger partial charge in [-0.3, -0.25) is 4.57 Å². The monoisotopic (exact) mass is 387 g/mol. The summed E-state index contributed by atoms with van der Waals surface area (Å²) < 4.78 is 9.01. The van der Waals surface area contributed by atoms with Gasteiger partial charge in [-0.05, 0) is 35.6 Å². The molecule has 0 spiro atoms. The molecule has 11 heteroatoms. The predicted molar refractivity (Wildman–Crippen MR) is 97.3 cm³/mol. The second kappa shape index (κ2) is 6.50. The number of aromatic nitrogens is 5. The molecule has 0 atom stereocenters. The van der Waals surface area contributed by atoms with Crippen LogP contribution >= 0.6 is 11.8 Å². The number of nitrogens with zero attached hydrogens (tertiary/aromatic N) is 7.